The number of pyridine rings is 1. The Kier molecular flexibility index (Phi) is 4.64. The van der Waals surface area contributed by atoms with Gasteiger partial charge in [-0.2, -0.15) is 0 Å². The minimum Gasteiger partial charge on any atom is -0.486 e. The minimum atomic E-state index is -0.710. The first-order chi connectivity index (χ1) is 12.6. The highest BCUT2D eigenvalue weighted by Gasteiger charge is 2.40. The number of likely N-dealkylation sites (N-methyl/N-ethyl adjacent to an activating group) is 1. The van der Waals surface area contributed by atoms with E-state index in [0.717, 1.165) is 25.7 Å². The zero-order chi connectivity index (χ0) is 18.1. The molecule has 136 valence electrons. The Hall–Kier alpha value is -2.40. The molecule has 1 amide bonds. The Morgan fingerprint density at radius 3 is 2.88 bits per heavy atom. The van der Waals surface area contributed by atoms with E-state index in [1.54, 1.807) is 30.4 Å². The number of hydrogen-bond acceptors (Lipinski definition) is 4. The molecule has 1 aromatic carbocycles. The molecule has 5 nitrogen and oxygen atoms in total. The van der Waals surface area contributed by atoms with Gasteiger partial charge in [-0.1, -0.05) is 6.07 Å². The van der Waals surface area contributed by atoms with E-state index in [4.69, 9.17) is 4.74 Å². The molecule has 3 atom stereocenters. The number of aliphatic hydroxyl groups excluding tert-OH is 1. The highest BCUT2D eigenvalue weighted by molar-refractivity contribution is 5.94. The molecule has 0 bridgehead atoms. The third-order valence-corrected chi connectivity index (χ3v) is 5.61. The van der Waals surface area contributed by atoms with Gasteiger partial charge in [0.15, 0.2) is 0 Å². The zero-order valence-electron chi connectivity index (χ0n) is 15.0. The van der Waals surface area contributed by atoms with Crippen LogP contribution in [0, 0.1) is 0 Å². The molecule has 26 heavy (non-hydrogen) atoms. The van der Waals surface area contributed by atoms with Crippen LogP contribution in [-0.4, -0.2) is 46.2 Å². The first kappa shape index (κ1) is 17.0. The lowest BCUT2D eigenvalue weighted by Gasteiger charge is -2.29. The van der Waals surface area contributed by atoms with Gasteiger partial charge < -0.3 is 14.7 Å². The number of ether oxygens (including phenoxy) is 1. The maximum absolute atomic E-state index is 12.9. The van der Waals surface area contributed by atoms with Gasteiger partial charge in [0.1, 0.15) is 18.0 Å². The van der Waals surface area contributed by atoms with Crippen LogP contribution >= 0.6 is 0 Å². The maximum Gasteiger partial charge on any atom is 0.253 e. The van der Waals surface area contributed by atoms with Gasteiger partial charge in [-0.05, 0) is 67.5 Å². The predicted molar refractivity (Wildman–Crippen MR) is 98.2 cm³/mol. The monoisotopic (exact) mass is 352 g/mol. The Labute approximate surface area is 153 Å². The fourth-order valence-corrected chi connectivity index (χ4v) is 4.13. The van der Waals surface area contributed by atoms with Crippen molar-refractivity contribution in [1.82, 2.24) is 9.88 Å². The van der Waals surface area contributed by atoms with Gasteiger partial charge in [0.2, 0.25) is 0 Å². The number of carbonyl (C=O) groups is 1. The molecule has 4 rings (SSSR count). The Balaban J connectivity index is 1.44. The standard InChI is InChI=1S/C21H24N2O3/c1-23(21(25)16-8-7-14-4-2-5-15(14)12-16)18-9-10-19(20(18)24)26-17-6-3-11-22-13-17/h3,6-8,11-13,18-20,24H,2,4-5,9-10H2,1H3/t18-,19-,20-/m1/s1. The first-order valence-electron chi connectivity index (χ1n) is 9.27. The van der Waals surface area contributed by atoms with Gasteiger partial charge in [0.25, 0.3) is 5.91 Å². The molecule has 1 heterocycles. The van der Waals surface area contributed by atoms with Crippen LogP contribution in [0.3, 0.4) is 0 Å². The van der Waals surface area contributed by atoms with Crippen LogP contribution in [0.25, 0.3) is 0 Å². The van der Waals surface area contributed by atoms with E-state index in [-0.39, 0.29) is 18.1 Å². The fraction of sp³-hybridized carbons (Fsp3) is 0.429. The summed E-state index contributed by atoms with van der Waals surface area (Å²) in [7, 11) is 1.77. The highest BCUT2D eigenvalue weighted by Crippen LogP contribution is 2.29. The lowest BCUT2D eigenvalue weighted by molar-refractivity contribution is 0.0165. The van der Waals surface area contributed by atoms with E-state index < -0.39 is 6.10 Å². The summed E-state index contributed by atoms with van der Waals surface area (Å²) in [6.45, 7) is 0. The molecule has 2 aromatic rings. The summed E-state index contributed by atoms with van der Waals surface area (Å²) >= 11 is 0. The molecule has 2 aliphatic rings. The molecule has 0 unspecified atom stereocenters. The van der Waals surface area contributed by atoms with Crippen molar-refractivity contribution in [3.63, 3.8) is 0 Å². The van der Waals surface area contributed by atoms with E-state index >= 15 is 0 Å². The third kappa shape index (κ3) is 3.19. The van der Waals surface area contributed by atoms with Crippen LogP contribution in [-0.2, 0) is 12.8 Å². The second kappa shape index (κ2) is 7.08. The van der Waals surface area contributed by atoms with E-state index in [2.05, 4.69) is 11.1 Å². The molecular formula is C21H24N2O3. The van der Waals surface area contributed by atoms with E-state index in [9.17, 15) is 9.90 Å². The molecule has 5 heteroatoms. The van der Waals surface area contributed by atoms with Gasteiger partial charge in [0.05, 0.1) is 12.2 Å². The van der Waals surface area contributed by atoms with Crippen molar-refractivity contribution >= 4 is 5.91 Å². The number of amides is 1. The number of aromatic nitrogens is 1. The van der Waals surface area contributed by atoms with Gasteiger partial charge in [-0.3, -0.25) is 9.78 Å². The Bertz CT molecular complexity index is 793. The van der Waals surface area contributed by atoms with Crippen molar-refractivity contribution in [2.75, 3.05) is 7.05 Å². The van der Waals surface area contributed by atoms with Crippen LogP contribution < -0.4 is 4.74 Å². The second-order valence-corrected chi connectivity index (χ2v) is 7.23. The predicted octanol–water partition coefficient (Wildman–Crippen LogP) is 2.61. The number of rotatable bonds is 4. The Morgan fingerprint density at radius 1 is 1.23 bits per heavy atom. The summed E-state index contributed by atoms with van der Waals surface area (Å²) in [6.07, 6.45) is 7.04. The summed E-state index contributed by atoms with van der Waals surface area (Å²) in [5, 5.41) is 10.7. The van der Waals surface area contributed by atoms with Crippen LogP contribution in [0.5, 0.6) is 5.75 Å². The van der Waals surface area contributed by atoms with Crippen molar-refractivity contribution in [3.8, 4) is 5.75 Å². The van der Waals surface area contributed by atoms with Crippen molar-refractivity contribution in [2.24, 2.45) is 0 Å². The number of benzene rings is 1. The molecule has 2 aliphatic carbocycles. The van der Waals surface area contributed by atoms with E-state index in [0.29, 0.717) is 17.7 Å². The van der Waals surface area contributed by atoms with E-state index in [1.807, 2.05) is 18.2 Å². The number of aliphatic hydroxyl groups is 1. The van der Waals surface area contributed by atoms with Crippen LogP contribution in [0.4, 0.5) is 0 Å². The molecule has 1 aromatic heterocycles. The summed E-state index contributed by atoms with van der Waals surface area (Å²) in [4.78, 5) is 18.6. The summed E-state index contributed by atoms with van der Waals surface area (Å²) in [5.74, 6) is 0.607. The van der Waals surface area contributed by atoms with E-state index in [1.165, 1.54) is 11.1 Å². The van der Waals surface area contributed by atoms with Crippen molar-refractivity contribution in [2.45, 2.75) is 50.4 Å². The molecule has 0 spiro atoms. The maximum atomic E-state index is 12.9. The van der Waals surface area contributed by atoms with Crippen molar-refractivity contribution in [1.29, 1.82) is 0 Å². The number of nitrogens with zero attached hydrogens (tertiary/aromatic N) is 2. The number of aryl methyl sites for hydroxylation is 2. The average molecular weight is 352 g/mol. The first-order valence-corrected chi connectivity index (χ1v) is 9.27. The normalized spacial score (nSPS) is 24.3. The number of fused-ring (bicyclic) bond motifs is 1. The number of carbonyl (C=O) groups excluding carboxylic acids is 1. The smallest absolute Gasteiger partial charge is 0.253 e. The zero-order valence-corrected chi connectivity index (χ0v) is 15.0. The molecule has 0 radical (unpaired) electrons. The topological polar surface area (TPSA) is 62.7 Å². The number of hydrogen-bond donors (Lipinski definition) is 1. The average Bonchev–Trinajstić information content (AvgIpc) is 3.28. The summed E-state index contributed by atoms with van der Waals surface area (Å²) in [6, 6.07) is 9.39. The third-order valence-electron chi connectivity index (χ3n) is 5.61. The largest absolute Gasteiger partial charge is 0.486 e. The molecule has 1 N–H and O–H groups in total. The highest BCUT2D eigenvalue weighted by atomic mass is 16.5. The quantitative estimate of drug-likeness (QED) is 0.919. The van der Waals surface area contributed by atoms with Gasteiger partial charge >= 0.3 is 0 Å². The molecule has 0 aliphatic heterocycles. The lowest BCUT2D eigenvalue weighted by atomic mass is 10.0. The molecular weight excluding hydrogens is 328 g/mol. The SMILES string of the molecule is CN(C(=O)c1ccc2c(c1)CCC2)[C@@H]1CC[C@@H](Oc2cccnc2)[C@@H]1O. The van der Waals surface area contributed by atoms with Crippen LogP contribution in [0.1, 0.15) is 40.7 Å². The molecule has 1 saturated carbocycles. The second-order valence-electron chi connectivity index (χ2n) is 7.23. The summed E-state index contributed by atoms with van der Waals surface area (Å²) in [5.41, 5.74) is 3.35. The fourth-order valence-electron chi connectivity index (χ4n) is 4.13. The van der Waals surface area contributed by atoms with Gasteiger partial charge in [-0.15, -0.1) is 0 Å². The summed E-state index contributed by atoms with van der Waals surface area (Å²) < 4.78 is 5.86. The van der Waals surface area contributed by atoms with Gasteiger partial charge in [0, 0.05) is 18.8 Å². The Morgan fingerprint density at radius 2 is 2.08 bits per heavy atom. The van der Waals surface area contributed by atoms with Crippen LogP contribution in [0.2, 0.25) is 0 Å². The molecule has 0 saturated heterocycles. The van der Waals surface area contributed by atoms with Crippen molar-refractivity contribution in [3.05, 3.63) is 59.4 Å². The molecule has 1 fully saturated rings. The van der Waals surface area contributed by atoms with Crippen molar-refractivity contribution < 1.29 is 14.6 Å². The van der Waals surface area contributed by atoms with Crippen LogP contribution in [0.15, 0.2) is 42.7 Å². The minimum absolute atomic E-state index is 0.0363. The van der Waals surface area contributed by atoms with Gasteiger partial charge in [-0.25, -0.2) is 0 Å². The lowest BCUT2D eigenvalue weighted by Crippen LogP contribution is -2.45.